The minimum absolute atomic E-state index is 0.242. The smallest absolute Gasteiger partial charge is 0.320 e. The molecule has 0 spiro atoms. The second-order valence-corrected chi connectivity index (χ2v) is 6.29. The summed E-state index contributed by atoms with van der Waals surface area (Å²) in [6.45, 7) is 0.519. The van der Waals surface area contributed by atoms with Crippen molar-refractivity contribution in [2.24, 2.45) is 0 Å². The number of hydrogen-bond donors (Lipinski definition) is 1. The first-order valence-electron chi connectivity index (χ1n) is 7.66. The van der Waals surface area contributed by atoms with Gasteiger partial charge in [-0.3, -0.25) is 9.69 Å². The number of carbonyl (C=O) groups is 1. The number of aliphatic carboxylic acids is 1. The van der Waals surface area contributed by atoms with Gasteiger partial charge in [0.2, 0.25) is 0 Å². The minimum atomic E-state index is -0.943. The number of hydrogen-bond acceptors (Lipinski definition) is 2. The molecule has 0 aliphatic carbocycles. The number of likely N-dealkylation sites (tertiary alicyclic amines) is 1. The highest BCUT2D eigenvalue weighted by molar-refractivity contribution is 6.30. The van der Waals surface area contributed by atoms with Gasteiger partial charge in [0.25, 0.3) is 0 Å². The Morgan fingerprint density at radius 1 is 1.25 bits per heavy atom. The first-order chi connectivity index (χ1) is 11.5. The van der Waals surface area contributed by atoms with Crippen LogP contribution in [-0.2, 0) is 4.79 Å². The third-order valence-electron chi connectivity index (χ3n) is 4.33. The average molecular weight is 352 g/mol. The van der Waals surface area contributed by atoms with Gasteiger partial charge in [-0.25, -0.2) is 8.78 Å². The van der Waals surface area contributed by atoms with Gasteiger partial charge in [-0.1, -0.05) is 29.8 Å². The summed E-state index contributed by atoms with van der Waals surface area (Å²) in [5.41, 5.74) is 0.924. The molecule has 1 aliphatic heterocycles. The summed E-state index contributed by atoms with van der Waals surface area (Å²) in [4.78, 5) is 13.3. The Balaban J connectivity index is 2.12. The molecule has 2 aromatic carbocycles. The lowest BCUT2D eigenvalue weighted by Crippen LogP contribution is -2.39. The van der Waals surface area contributed by atoms with Crippen LogP contribution in [0.2, 0.25) is 5.02 Å². The molecule has 1 N–H and O–H groups in total. The molecule has 126 valence electrons. The standard InChI is InChI=1S/C18H16ClF2NO2/c19-12-4-1-3-11(9-12)17(14-7-6-13(20)10-15(14)21)22-8-2-5-16(22)18(23)24/h1,3-4,6-7,9-10,16-17H,2,5,8H2,(H,23,24). The summed E-state index contributed by atoms with van der Waals surface area (Å²) in [5, 5.41) is 9.95. The van der Waals surface area contributed by atoms with E-state index in [9.17, 15) is 18.7 Å². The van der Waals surface area contributed by atoms with Gasteiger partial charge in [0.05, 0.1) is 6.04 Å². The van der Waals surface area contributed by atoms with E-state index in [1.165, 1.54) is 12.1 Å². The van der Waals surface area contributed by atoms with E-state index in [0.29, 0.717) is 30.0 Å². The molecule has 0 radical (unpaired) electrons. The summed E-state index contributed by atoms with van der Waals surface area (Å²) in [6.07, 6.45) is 1.20. The Morgan fingerprint density at radius 2 is 2.04 bits per heavy atom. The molecule has 0 saturated carbocycles. The van der Waals surface area contributed by atoms with Gasteiger partial charge in [-0.2, -0.15) is 0 Å². The molecule has 2 aromatic rings. The summed E-state index contributed by atoms with van der Waals surface area (Å²) >= 11 is 6.06. The zero-order valence-electron chi connectivity index (χ0n) is 12.8. The van der Waals surface area contributed by atoms with Crippen LogP contribution < -0.4 is 0 Å². The van der Waals surface area contributed by atoms with E-state index < -0.39 is 29.7 Å². The third kappa shape index (κ3) is 3.28. The summed E-state index contributed by atoms with van der Waals surface area (Å²) in [7, 11) is 0. The van der Waals surface area contributed by atoms with E-state index in [1.54, 1.807) is 29.2 Å². The molecule has 1 heterocycles. The highest BCUT2D eigenvalue weighted by atomic mass is 35.5. The Labute approximate surface area is 143 Å². The zero-order valence-corrected chi connectivity index (χ0v) is 13.5. The van der Waals surface area contributed by atoms with E-state index in [2.05, 4.69) is 0 Å². The number of carboxylic acids is 1. The van der Waals surface area contributed by atoms with Crippen LogP contribution in [0.4, 0.5) is 8.78 Å². The van der Waals surface area contributed by atoms with Crippen LogP contribution in [0, 0.1) is 11.6 Å². The van der Waals surface area contributed by atoms with E-state index in [4.69, 9.17) is 11.6 Å². The molecular weight excluding hydrogens is 336 g/mol. The van der Waals surface area contributed by atoms with E-state index >= 15 is 0 Å². The Bertz CT molecular complexity index is 768. The molecule has 0 bridgehead atoms. The molecule has 3 rings (SSSR count). The van der Waals surface area contributed by atoms with Crippen molar-refractivity contribution in [2.75, 3.05) is 6.54 Å². The molecule has 0 aromatic heterocycles. The average Bonchev–Trinajstić information content (AvgIpc) is 2.99. The summed E-state index contributed by atoms with van der Waals surface area (Å²) < 4.78 is 27.7. The Kier molecular flexibility index (Phi) is 4.83. The molecule has 24 heavy (non-hydrogen) atoms. The van der Waals surface area contributed by atoms with Crippen LogP contribution in [0.25, 0.3) is 0 Å². The van der Waals surface area contributed by atoms with Gasteiger partial charge in [0.15, 0.2) is 0 Å². The lowest BCUT2D eigenvalue weighted by atomic mass is 9.95. The van der Waals surface area contributed by atoms with Crippen molar-refractivity contribution in [1.82, 2.24) is 4.90 Å². The predicted octanol–water partition coefficient (Wildman–Crippen LogP) is 4.26. The minimum Gasteiger partial charge on any atom is -0.480 e. The van der Waals surface area contributed by atoms with Gasteiger partial charge >= 0.3 is 5.97 Å². The number of nitrogens with zero attached hydrogens (tertiary/aromatic N) is 1. The van der Waals surface area contributed by atoms with Gasteiger partial charge in [0.1, 0.15) is 17.7 Å². The van der Waals surface area contributed by atoms with Crippen molar-refractivity contribution in [3.63, 3.8) is 0 Å². The number of halogens is 3. The second-order valence-electron chi connectivity index (χ2n) is 5.86. The van der Waals surface area contributed by atoms with Crippen molar-refractivity contribution in [2.45, 2.75) is 24.9 Å². The molecule has 2 unspecified atom stereocenters. The quantitative estimate of drug-likeness (QED) is 0.895. The van der Waals surface area contributed by atoms with Crippen LogP contribution >= 0.6 is 11.6 Å². The fourth-order valence-corrected chi connectivity index (χ4v) is 3.51. The van der Waals surface area contributed by atoms with E-state index in [0.717, 1.165) is 6.07 Å². The topological polar surface area (TPSA) is 40.5 Å². The number of rotatable bonds is 4. The lowest BCUT2D eigenvalue weighted by Gasteiger charge is -2.32. The highest BCUT2D eigenvalue weighted by Gasteiger charge is 2.37. The molecule has 1 saturated heterocycles. The van der Waals surface area contributed by atoms with Crippen LogP contribution in [0.5, 0.6) is 0 Å². The van der Waals surface area contributed by atoms with Crippen molar-refractivity contribution < 1.29 is 18.7 Å². The summed E-state index contributed by atoms with van der Waals surface area (Å²) in [6, 6.07) is 8.92. The Hall–Kier alpha value is -1.98. The fourth-order valence-electron chi connectivity index (χ4n) is 3.31. The molecule has 0 amide bonds. The van der Waals surface area contributed by atoms with Crippen molar-refractivity contribution in [3.05, 3.63) is 70.2 Å². The van der Waals surface area contributed by atoms with Gasteiger partial charge in [-0.15, -0.1) is 0 Å². The highest BCUT2D eigenvalue weighted by Crippen LogP contribution is 2.37. The van der Waals surface area contributed by atoms with Gasteiger partial charge in [0, 0.05) is 23.2 Å². The number of benzene rings is 2. The van der Waals surface area contributed by atoms with Crippen LogP contribution in [0.1, 0.15) is 30.0 Å². The first-order valence-corrected chi connectivity index (χ1v) is 8.04. The number of carboxylic acid groups (broad SMARTS) is 1. The molecule has 2 atom stereocenters. The van der Waals surface area contributed by atoms with E-state index in [-0.39, 0.29) is 5.56 Å². The molecule has 6 heteroatoms. The van der Waals surface area contributed by atoms with Crippen LogP contribution in [-0.4, -0.2) is 28.6 Å². The van der Waals surface area contributed by atoms with Crippen molar-refractivity contribution in [1.29, 1.82) is 0 Å². The fraction of sp³-hybridized carbons (Fsp3) is 0.278. The maximum absolute atomic E-state index is 14.4. The largest absolute Gasteiger partial charge is 0.480 e. The lowest BCUT2D eigenvalue weighted by molar-refractivity contribution is -0.142. The van der Waals surface area contributed by atoms with Crippen molar-refractivity contribution in [3.8, 4) is 0 Å². The molecule has 1 aliphatic rings. The Morgan fingerprint density at radius 3 is 2.71 bits per heavy atom. The molecular formula is C18H16ClF2NO2. The predicted molar refractivity (Wildman–Crippen MR) is 87.0 cm³/mol. The monoisotopic (exact) mass is 351 g/mol. The molecule has 1 fully saturated rings. The van der Waals surface area contributed by atoms with Crippen LogP contribution in [0.15, 0.2) is 42.5 Å². The third-order valence-corrected chi connectivity index (χ3v) is 4.57. The molecule has 3 nitrogen and oxygen atoms in total. The first kappa shape index (κ1) is 16.9. The van der Waals surface area contributed by atoms with E-state index in [1.807, 2.05) is 0 Å². The zero-order chi connectivity index (χ0) is 17.3. The van der Waals surface area contributed by atoms with Gasteiger partial charge in [-0.05, 0) is 36.6 Å². The maximum Gasteiger partial charge on any atom is 0.320 e. The van der Waals surface area contributed by atoms with Crippen molar-refractivity contribution >= 4 is 17.6 Å². The summed E-state index contributed by atoms with van der Waals surface area (Å²) in [5.74, 6) is -2.31. The van der Waals surface area contributed by atoms with Gasteiger partial charge < -0.3 is 5.11 Å². The second kappa shape index (κ2) is 6.87. The normalized spacial score (nSPS) is 19.4. The van der Waals surface area contributed by atoms with Crippen LogP contribution in [0.3, 0.4) is 0 Å². The SMILES string of the molecule is O=C(O)C1CCCN1C(c1cccc(Cl)c1)c1ccc(F)cc1F. The maximum atomic E-state index is 14.4.